The van der Waals surface area contributed by atoms with Crippen LogP contribution in [0.15, 0.2) is 42.5 Å². The molecular weight excluding hydrogens is 480 g/mol. The van der Waals surface area contributed by atoms with Crippen LogP contribution in [-0.2, 0) is 35.1 Å². The first-order valence-corrected chi connectivity index (χ1v) is 14.7. The summed E-state index contributed by atoms with van der Waals surface area (Å²) in [5.74, 6) is 0.817. The number of carbonyl (C=O) groups excluding carboxylic acids is 1. The molecule has 0 radical (unpaired) electrons. The lowest BCUT2D eigenvalue weighted by atomic mass is 9.86. The molecule has 212 valence electrons. The van der Waals surface area contributed by atoms with Crippen molar-refractivity contribution >= 4 is 5.97 Å². The van der Waals surface area contributed by atoms with Gasteiger partial charge < -0.3 is 23.7 Å². The molecule has 0 aliphatic carbocycles. The molecule has 0 N–H and O–H groups in total. The lowest BCUT2D eigenvalue weighted by Gasteiger charge is -2.40. The Kier molecular flexibility index (Phi) is 11.2. The molecule has 8 atom stereocenters. The Morgan fingerprint density at radius 1 is 0.947 bits per heavy atom. The van der Waals surface area contributed by atoms with Gasteiger partial charge in [-0.2, -0.15) is 0 Å². The summed E-state index contributed by atoms with van der Waals surface area (Å²) in [5, 5.41) is 0. The largest absolute Gasteiger partial charge is 0.458 e. The van der Waals surface area contributed by atoms with Gasteiger partial charge in [-0.25, -0.2) is 0 Å². The lowest BCUT2D eigenvalue weighted by Crippen LogP contribution is -2.43. The molecule has 0 amide bonds. The molecule has 0 aromatic heterocycles. The van der Waals surface area contributed by atoms with Crippen LogP contribution in [0.2, 0.25) is 0 Å². The summed E-state index contributed by atoms with van der Waals surface area (Å²) in [6.45, 7) is 7.22. The first kappa shape index (κ1) is 29.3. The van der Waals surface area contributed by atoms with Crippen LogP contribution in [-0.4, -0.2) is 55.8 Å². The third-order valence-corrected chi connectivity index (χ3v) is 8.20. The summed E-state index contributed by atoms with van der Waals surface area (Å²) in [4.78, 5) is 13.1. The van der Waals surface area contributed by atoms with Crippen molar-refractivity contribution in [1.29, 1.82) is 0 Å². The molecule has 6 nitrogen and oxygen atoms in total. The number of benzene rings is 1. The Morgan fingerprint density at radius 3 is 2.47 bits per heavy atom. The van der Waals surface area contributed by atoms with Crippen LogP contribution in [0.1, 0.15) is 84.1 Å². The molecule has 1 aromatic rings. The highest BCUT2D eigenvalue weighted by Gasteiger charge is 2.37. The first-order valence-electron chi connectivity index (χ1n) is 14.7. The van der Waals surface area contributed by atoms with Gasteiger partial charge in [-0.1, -0.05) is 57.2 Å². The van der Waals surface area contributed by atoms with Gasteiger partial charge in [0.25, 0.3) is 0 Å². The first-order chi connectivity index (χ1) is 18.4. The number of rotatable bonds is 7. The van der Waals surface area contributed by atoms with E-state index in [2.05, 4.69) is 45.1 Å². The number of allylic oxidation sites excluding steroid dienone is 1. The third kappa shape index (κ3) is 9.18. The van der Waals surface area contributed by atoms with Crippen molar-refractivity contribution in [1.82, 2.24) is 0 Å². The fourth-order valence-electron chi connectivity index (χ4n) is 5.99. The van der Waals surface area contributed by atoms with Crippen molar-refractivity contribution in [3.8, 4) is 0 Å². The predicted molar refractivity (Wildman–Crippen MR) is 148 cm³/mol. The molecule has 0 unspecified atom stereocenters. The van der Waals surface area contributed by atoms with Crippen LogP contribution in [0.3, 0.4) is 0 Å². The zero-order valence-corrected chi connectivity index (χ0v) is 23.8. The van der Waals surface area contributed by atoms with Crippen LogP contribution in [0.25, 0.3) is 0 Å². The number of carbonyl (C=O) groups is 1. The molecule has 6 heteroatoms. The molecule has 0 saturated carbocycles. The zero-order chi connectivity index (χ0) is 26.9. The number of hydrogen-bond acceptors (Lipinski definition) is 6. The second-order valence-corrected chi connectivity index (χ2v) is 12.0. The van der Waals surface area contributed by atoms with E-state index in [1.165, 1.54) is 0 Å². The fourth-order valence-corrected chi connectivity index (χ4v) is 5.99. The van der Waals surface area contributed by atoms with Gasteiger partial charge in [0.15, 0.2) is 0 Å². The highest BCUT2D eigenvalue weighted by molar-refractivity contribution is 5.70. The SMILES string of the molecule is CO[C@@H]1C[C@@H]2C[C@H](OCc3ccccc3)C[C@H](CC(=O)O[C@@H](/C=C/CC(C)C)C[C@@H]3CC[C@H](C)[C@@H](C1)O3)O2. The zero-order valence-electron chi connectivity index (χ0n) is 23.8. The average molecular weight is 529 g/mol. The van der Waals surface area contributed by atoms with Gasteiger partial charge in [-0.3, -0.25) is 4.79 Å². The van der Waals surface area contributed by atoms with Crippen LogP contribution in [0, 0.1) is 11.8 Å². The van der Waals surface area contributed by atoms with Crippen molar-refractivity contribution in [2.45, 2.75) is 128 Å². The van der Waals surface area contributed by atoms with Gasteiger partial charge in [0.1, 0.15) is 6.10 Å². The molecular formula is C32H48O6. The number of esters is 1. The van der Waals surface area contributed by atoms with Gasteiger partial charge >= 0.3 is 5.97 Å². The summed E-state index contributed by atoms with van der Waals surface area (Å²) in [6.07, 6.45) is 11.0. The Balaban J connectivity index is 1.50. The van der Waals surface area contributed by atoms with Crippen molar-refractivity contribution in [2.24, 2.45) is 11.8 Å². The van der Waals surface area contributed by atoms with Crippen molar-refractivity contribution in [3.05, 3.63) is 48.0 Å². The predicted octanol–water partition coefficient (Wildman–Crippen LogP) is 6.41. The molecule has 3 heterocycles. The monoisotopic (exact) mass is 528 g/mol. The molecule has 4 rings (SSSR count). The van der Waals surface area contributed by atoms with Gasteiger partial charge in [-0.05, 0) is 55.6 Å². The quantitative estimate of drug-likeness (QED) is 0.301. The third-order valence-electron chi connectivity index (χ3n) is 8.20. The molecule has 3 aliphatic rings. The minimum atomic E-state index is -0.286. The minimum Gasteiger partial charge on any atom is -0.458 e. The van der Waals surface area contributed by atoms with Crippen molar-refractivity contribution in [2.75, 3.05) is 7.11 Å². The Hall–Kier alpha value is -1.73. The number of ether oxygens (including phenoxy) is 5. The van der Waals surface area contributed by atoms with E-state index in [1.54, 1.807) is 7.11 Å². The number of methoxy groups -OCH3 is 1. The van der Waals surface area contributed by atoms with E-state index in [1.807, 2.05) is 18.2 Å². The van der Waals surface area contributed by atoms with E-state index < -0.39 is 0 Å². The Labute approximate surface area is 229 Å². The van der Waals surface area contributed by atoms with Gasteiger partial charge in [-0.15, -0.1) is 0 Å². The standard InChI is InChI=1S/C32H48O6/c1-22(2)9-8-12-25-15-26-14-13-23(3)31(37-26)19-27(34-4)16-29-17-28(18-30(36-29)20-32(33)38-25)35-21-24-10-6-5-7-11-24/h5-8,10-12,22-23,25-31H,9,13-21H2,1-4H3/b12-8+/t23-,25-,26-,27+,28-,29+,30+,31+/m0/s1. The maximum atomic E-state index is 13.1. The van der Waals surface area contributed by atoms with E-state index in [4.69, 9.17) is 23.7 Å². The van der Waals surface area contributed by atoms with Gasteiger partial charge in [0.05, 0.1) is 49.7 Å². The van der Waals surface area contributed by atoms with Crippen LogP contribution < -0.4 is 0 Å². The van der Waals surface area contributed by atoms with Crippen LogP contribution in [0.4, 0.5) is 0 Å². The molecule has 3 fully saturated rings. The summed E-state index contributed by atoms with van der Waals surface area (Å²) in [5.41, 5.74) is 1.15. The average Bonchev–Trinajstić information content (AvgIpc) is 2.88. The summed E-state index contributed by atoms with van der Waals surface area (Å²) in [6, 6.07) is 10.2. The highest BCUT2D eigenvalue weighted by atomic mass is 16.6. The van der Waals surface area contributed by atoms with E-state index in [0.717, 1.165) is 44.1 Å². The van der Waals surface area contributed by atoms with Gasteiger partial charge in [0.2, 0.25) is 0 Å². The summed E-state index contributed by atoms with van der Waals surface area (Å²) >= 11 is 0. The Bertz CT molecular complexity index is 870. The van der Waals surface area contributed by atoms with Gasteiger partial charge in [0, 0.05) is 26.4 Å². The molecule has 1 aromatic carbocycles. The topological polar surface area (TPSA) is 63.2 Å². The molecule has 38 heavy (non-hydrogen) atoms. The van der Waals surface area contributed by atoms with Crippen molar-refractivity contribution in [3.63, 3.8) is 0 Å². The molecule has 4 bridgehead atoms. The van der Waals surface area contributed by atoms with E-state index in [0.29, 0.717) is 31.3 Å². The van der Waals surface area contributed by atoms with E-state index in [9.17, 15) is 4.79 Å². The number of fused-ring (bicyclic) bond motifs is 4. The Morgan fingerprint density at radius 2 is 1.71 bits per heavy atom. The summed E-state index contributed by atoms with van der Waals surface area (Å²) < 4.78 is 31.4. The lowest BCUT2D eigenvalue weighted by molar-refractivity contribution is -0.168. The highest BCUT2D eigenvalue weighted by Crippen LogP contribution is 2.34. The maximum Gasteiger partial charge on any atom is 0.309 e. The van der Waals surface area contributed by atoms with E-state index in [-0.39, 0.29) is 55.1 Å². The smallest absolute Gasteiger partial charge is 0.309 e. The number of cyclic esters (lactones) is 1. The van der Waals surface area contributed by atoms with Crippen LogP contribution >= 0.6 is 0 Å². The second kappa shape index (κ2) is 14.6. The minimum absolute atomic E-state index is 0.0214. The second-order valence-electron chi connectivity index (χ2n) is 12.0. The van der Waals surface area contributed by atoms with Crippen molar-refractivity contribution < 1.29 is 28.5 Å². The molecule has 3 aliphatic heterocycles. The molecule has 0 spiro atoms. The summed E-state index contributed by atoms with van der Waals surface area (Å²) in [7, 11) is 1.79. The maximum absolute atomic E-state index is 13.1. The fraction of sp³-hybridized carbons (Fsp3) is 0.719. The van der Waals surface area contributed by atoms with Crippen LogP contribution in [0.5, 0.6) is 0 Å². The number of hydrogen-bond donors (Lipinski definition) is 0. The normalized spacial score (nSPS) is 35.1. The molecule has 3 saturated heterocycles. The van der Waals surface area contributed by atoms with E-state index >= 15 is 0 Å².